The molecule has 0 fully saturated rings. The van der Waals surface area contributed by atoms with E-state index >= 15 is 0 Å². The summed E-state index contributed by atoms with van der Waals surface area (Å²) >= 11 is 0. The summed E-state index contributed by atoms with van der Waals surface area (Å²) < 4.78 is 5.14. The van der Waals surface area contributed by atoms with Crippen molar-refractivity contribution in [1.29, 1.82) is 0 Å². The van der Waals surface area contributed by atoms with Crippen LogP contribution in [0.4, 0.5) is 5.69 Å². The van der Waals surface area contributed by atoms with E-state index in [9.17, 15) is 4.79 Å². The molecule has 1 aliphatic rings. The molecule has 0 aliphatic carbocycles. The number of pyridine rings is 2. The molecule has 0 saturated heterocycles. The smallest absolute Gasteiger partial charge is 0.298 e. The van der Waals surface area contributed by atoms with Gasteiger partial charge in [0.25, 0.3) is 6.47 Å². The highest BCUT2D eigenvalue weighted by atomic mass is 16.5. The second-order valence-electron chi connectivity index (χ2n) is 6.07. The Kier molecular flexibility index (Phi) is 3.25. The summed E-state index contributed by atoms with van der Waals surface area (Å²) in [5.74, 6) is 0.513. The molecule has 0 unspecified atom stereocenters. The van der Waals surface area contributed by atoms with E-state index in [4.69, 9.17) is 9.73 Å². The minimum Gasteiger partial charge on any atom is -0.428 e. The van der Waals surface area contributed by atoms with Gasteiger partial charge in [0.05, 0.1) is 22.4 Å². The van der Waals surface area contributed by atoms with Crippen molar-refractivity contribution in [2.75, 3.05) is 0 Å². The van der Waals surface area contributed by atoms with Crippen LogP contribution in [0.2, 0.25) is 0 Å². The van der Waals surface area contributed by atoms with E-state index < -0.39 is 0 Å². The molecule has 0 atom stereocenters. The van der Waals surface area contributed by atoms with Crippen LogP contribution in [0.3, 0.4) is 0 Å². The van der Waals surface area contributed by atoms with E-state index in [0.717, 1.165) is 44.3 Å². The highest BCUT2D eigenvalue weighted by molar-refractivity contribution is 6.18. The zero-order valence-corrected chi connectivity index (χ0v) is 13.7. The van der Waals surface area contributed by atoms with Gasteiger partial charge in [-0.2, -0.15) is 0 Å². The van der Waals surface area contributed by atoms with Crippen molar-refractivity contribution in [3.63, 3.8) is 0 Å². The fraction of sp³-hybridized carbons (Fsp3) is 0.0476. The van der Waals surface area contributed by atoms with Crippen molar-refractivity contribution >= 4 is 39.7 Å². The average molecular weight is 339 g/mol. The standard InChI is InChI=1S/C21H13N3O2/c25-12-26-18-8-2-1-5-14(18)17-11-16-13-6-3-9-22-20(13)21-15(19(16)24-17)7-4-10-23-21/h1-10,12H,11H2. The lowest BCUT2D eigenvalue weighted by atomic mass is 9.97. The van der Waals surface area contributed by atoms with Gasteiger partial charge in [0.15, 0.2) is 0 Å². The lowest BCUT2D eigenvalue weighted by Crippen LogP contribution is -2.04. The highest BCUT2D eigenvalue weighted by Crippen LogP contribution is 2.41. The number of nitrogens with zero attached hydrogens (tertiary/aromatic N) is 3. The summed E-state index contributed by atoms with van der Waals surface area (Å²) in [5, 5.41) is 2.04. The predicted molar refractivity (Wildman–Crippen MR) is 100 cm³/mol. The average Bonchev–Trinajstić information content (AvgIpc) is 3.15. The van der Waals surface area contributed by atoms with Crippen molar-refractivity contribution in [3.8, 4) is 5.75 Å². The molecule has 124 valence electrons. The molecule has 0 bridgehead atoms. The van der Waals surface area contributed by atoms with Gasteiger partial charge in [-0.25, -0.2) is 0 Å². The Balaban J connectivity index is 1.78. The van der Waals surface area contributed by atoms with Crippen LogP contribution in [0.1, 0.15) is 11.1 Å². The molecule has 5 rings (SSSR count). The Labute approximate surface area is 149 Å². The van der Waals surface area contributed by atoms with Crippen LogP contribution in [0.5, 0.6) is 5.75 Å². The van der Waals surface area contributed by atoms with E-state index in [1.807, 2.05) is 36.4 Å². The van der Waals surface area contributed by atoms with Crippen LogP contribution in [-0.2, 0) is 11.2 Å². The van der Waals surface area contributed by atoms with E-state index in [-0.39, 0.29) is 0 Å². The lowest BCUT2D eigenvalue weighted by Gasteiger charge is -2.08. The number of carbonyl (C=O) groups is 1. The summed E-state index contributed by atoms with van der Waals surface area (Å²) in [6.07, 6.45) is 4.21. The topological polar surface area (TPSA) is 64.4 Å². The zero-order valence-electron chi connectivity index (χ0n) is 13.7. The van der Waals surface area contributed by atoms with Crippen molar-refractivity contribution < 1.29 is 9.53 Å². The Morgan fingerprint density at radius 3 is 2.42 bits per heavy atom. The van der Waals surface area contributed by atoms with Gasteiger partial charge in [0.1, 0.15) is 5.75 Å². The van der Waals surface area contributed by atoms with Crippen molar-refractivity contribution in [3.05, 3.63) is 72.1 Å². The summed E-state index contributed by atoms with van der Waals surface area (Å²) in [7, 11) is 0. The Bertz CT molecular complexity index is 1210. The van der Waals surface area contributed by atoms with Crippen LogP contribution in [0.15, 0.2) is 65.9 Å². The molecule has 0 radical (unpaired) electrons. The minimum absolute atomic E-state index is 0.445. The maximum absolute atomic E-state index is 10.8. The third-order valence-corrected chi connectivity index (χ3v) is 4.67. The summed E-state index contributed by atoms with van der Waals surface area (Å²) in [4.78, 5) is 24.8. The summed E-state index contributed by atoms with van der Waals surface area (Å²) in [5.41, 5.74) is 5.48. The van der Waals surface area contributed by atoms with Gasteiger partial charge in [-0.3, -0.25) is 19.8 Å². The lowest BCUT2D eigenvalue weighted by molar-refractivity contribution is -0.120. The van der Waals surface area contributed by atoms with Crippen LogP contribution in [-0.4, -0.2) is 22.2 Å². The Morgan fingerprint density at radius 2 is 1.62 bits per heavy atom. The molecule has 0 amide bonds. The number of carbonyl (C=O) groups excluding carboxylic acids is 1. The third kappa shape index (κ3) is 2.10. The van der Waals surface area contributed by atoms with Gasteiger partial charge in [0.2, 0.25) is 0 Å². The molecule has 5 heteroatoms. The predicted octanol–water partition coefficient (Wildman–Crippen LogP) is 4.00. The van der Waals surface area contributed by atoms with Crippen LogP contribution in [0.25, 0.3) is 21.8 Å². The number of para-hydroxylation sites is 1. The van der Waals surface area contributed by atoms with Crippen molar-refractivity contribution in [1.82, 2.24) is 9.97 Å². The largest absolute Gasteiger partial charge is 0.428 e. The number of rotatable bonds is 3. The molecule has 2 aromatic carbocycles. The maximum Gasteiger partial charge on any atom is 0.298 e. The molecule has 0 spiro atoms. The fourth-order valence-corrected chi connectivity index (χ4v) is 3.58. The van der Waals surface area contributed by atoms with Gasteiger partial charge in [-0.05, 0) is 35.9 Å². The maximum atomic E-state index is 10.8. The monoisotopic (exact) mass is 339 g/mol. The van der Waals surface area contributed by atoms with Crippen LogP contribution in [0, 0.1) is 0 Å². The first-order valence-electron chi connectivity index (χ1n) is 8.28. The molecular weight excluding hydrogens is 326 g/mol. The highest BCUT2D eigenvalue weighted by Gasteiger charge is 2.24. The van der Waals surface area contributed by atoms with Gasteiger partial charge in [-0.15, -0.1) is 0 Å². The molecule has 26 heavy (non-hydrogen) atoms. The van der Waals surface area contributed by atoms with E-state index in [1.54, 1.807) is 18.5 Å². The SMILES string of the molecule is O=COc1ccccc1C1=Nc2c(c3cccnc3c3ncccc23)C1. The summed E-state index contributed by atoms with van der Waals surface area (Å²) in [6.45, 7) is 0.445. The van der Waals surface area contributed by atoms with E-state index in [1.165, 1.54) is 0 Å². The Morgan fingerprint density at radius 1 is 0.885 bits per heavy atom. The minimum atomic E-state index is 0.445. The number of benzene rings is 2. The second kappa shape index (κ2) is 5.74. The van der Waals surface area contributed by atoms with Crippen molar-refractivity contribution in [2.24, 2.45) is 4.99 Å². The normalized spacial score (nSPS) is 12.8. The van der Waals surface area contributed by atoms with E-state index in [0.29, 0.717) is 18.6 Å². The number of fused-ring (bicyclic) bond motifs is 6. The molecule has 2 aromatic heterocycles. The molecule has 3 heterocycles. The number of aliphatic imine (C=N–C) groups is 1. The first-order valence-corrected chi connectivity index (χ1v) is 8.28. The molecule has 4 aromatic rings. The first kappa shape index (κ1) is 14.7. The van der Waals surface area contributed by atoms with Crippen molar-refractivity contribution in [2.45, 2.75) is 6.42 Å². The molecule has 0 saturated carbocycles. The molecule has 0 N–H and O–H groups in total. The van der Waals surface area contributed by atoms with Gasteiger partial charge < -0.3 is 4.74 Å². The zero-order chi connectivity index (χ0) is 17.5. The van der Waals surface area contributed by atoms with E-state index in [2.05, 4.69) is 16.0 Å². The fourth-order valence-electron chi connectivity index (χ4n) is 3.58. The quantitative estimate of drug-likeness (QED) is 0.418. The number of ether oxygens (including phenoxy) is 1. The van der Waals surface area contributed by atoms with Gasteiger partial charge >= 0.3 is 0 Å². The van der Waals surface area contributed by atoms with Crippen LogP contribution >= 0.6 is 0 Å². The number of aromatic nitrogens is 2. The third-order valence-electron chi connectivity index (χ3n) is 4.67. The molecular formula is C21H13N3O2. The first-order chi connectivity index (χ1) is 12.9. The molecule has 5 nitrogen and oxygen atoms in total. The number of hydrogen-bond donors (Lipinski definition) is 0. The van der Waals surface area contributed by atoms with Crippen LogP contribution < -0.4 is 4.74 Å². The molecule has 1 aliphatic heterocycles. The summed E-state index contributed by atoms with van der Waals surface area (Å²) in [6, 6.07) is 15.4. The number of hydrogen-bond acceptors (Lipinski definition) is 5. The second-order valence-corrected chi connectivity index (χ2v) is 6.07. The van der Waals surface area contributed by atoms with Gasteiger partial charge in [0, 0.05) is 35.2 Å². The van der Waals surface area contributed by atoms with Gasteiger partial charge in [-0.1, -0.05) is 18.2 Å². The Hall–Kier alpha value is -3.60.